The minimum atomic E-state index is 0.0270. The lowest BCUT2D eigenvalue weighted by Crippen LogP contribution is -2.26. The average molecular weight is 214 g/mol. The van der Waals surface area contributed by atoms with Crippen molar-refractivity contribution in [1.82, 2.24) is 4.98 Å². The highest BCUT2D eigenvalue weighted by atomic mass is 16.2. The number of carbonyl (C=O) groups excluding carboxylic acids is 1. The van der Waals surface area contributed by atoms with Gasteiger partial charge in [-0.3, -0.25) is 9.69 Å². The Morgan fingerprint density at radius 3 is 3.12 bits per heavy atom. The van der Waals surface area contributed by atoms with Gasteiger partial charge in [-0.25, -0.2) is 4.98 Å². The highest BCUT2D eigenvalue weighted by Gasteiger charge is 2.30. The Hall–Kier alpha value is -1.82. The average Bonchev–Trinajstić information content (AvgIpc) is 2.70. The van der Waals surface area contributed by atoms with Crippen LogP contribution in [-0.2, 0) is 11.2 Å². The minimum absolute atomic E-state index is 0.0270. The smallest absolute Gasteiger partial charge is 0.229 e. The van der Waals surface area contributed by atoms with Crippen LogP contribution in [0.1, 0.15) is 18.9 Å². The second kappa shape index (κ2) is 4.36. The van der Waals surface area contributed by atoms with E-state index in [1.165, 1.54) is 0 Å². The van der Waals surface area contributed by atoms with Gasteiger partial charge in [0.1, 0.15) is 5.82 Å². The van der Waals surface area contributed by atoms with Crippen LogP contribution in [0.2, 0.25) is 0 Å². The number of hydrogen-bond acceptors (Lipinski definition) is 2. The number of aryl methyl sites for hydroxylation is 1. The van der Waals surface area contributed by atoms with Crippen LogP contribution in [0.5, 0.6) is 0 Å². The van der Waals surface area contributed by atoms with Crippen molar-refractivity contribution in [3.05, 3.63) is 23.9 Å². The third kappa shape index (κ3) is 1.79. The maximum Gasteiger partial charge on any atom is 0.229 e. The molecule has 2 rings (SSSR count). The van der Waals surface area contributed by atoms with E-state index in [0.29, 0.717) is 13.0 Å². The summed E-state index contributed by atoms with van der Waals surface area (Å²) in [4.78, 5) is 17.8. The first-order valence-corrected chi connectivity index (χ1v) is 5.46. The van der Waals surface area contributed by atoms with Crippen LogP contribution in [0.3, 0.4) is 0 Å². The zero-order chi connectivity index (χ0) is 11.5. The monoisotopic (exact) mass is 214 g/mol. The van der Waals surface area contributed by atoms with Gasteiger partial charge < -0.3 is 0 Å². The van der Waals surface area contributed by atoms with E-state index in [2.05, 4.69) is 17.8 Å². The third-order valence-corrected chi connectivity index (χ3v) is 2.86. The van der Waals surface area contributed by atoms with Crippen molar-refractivity contribution in [2.24, 2.45) is 5.92 Å². The molecule has 0 radical (unpaired) electrons. The van der Waals surface area contributed by atoms with Crippen LogP contribution in [0.4, 0.5) is 5.82 Å². The first kappa shape index (κ1) is 10.7. The molecule has 82 valence electrons. The molecule has 0 bridgehead atoms. The molecule has 0 saturated carbocycles. The molecule has 0 aliphatic carbocycles. The highest BCUT2D eigenvalue weighted by molar-refractivity contribution is 5.95. The maximum atomic E-state index is 11.8. The molecule has 1 aromatic heterocycles. The molecular formula is C13H14N2O. The molecule has 1 amide bonds. The Bertz CT molecular complexity index is 447. The van der Waals surface area contributed by atoms with E-state index in [0.717, 1.165) is 17.8 Å². The van der Waals surface area contributed by atoms with Crippen molar-refractivity contribution in [2.75, 3.05) is 11.4 Å². The van der Waals surface area contributed by atoms with Gasteiger partial charge in [0.2, 0.25) is 5.91 Å². The molecule has 1 unspecified atom stereocenters. The van der Waals surface area contributed by atoms with Crippen LogP contribution in [-0.4, -0.2) is 17.4 Å². The van der Waals surface area contributed by atoms with E-state index in [1.807, 2.05) is 12.1 Å². The predicted octanol–water partition coefficient (Wildman–Crippen LogP) is 1.63. The SMILES string of the molecule is C#CC1CC(=O)N(c2ncccc2CC)C1. The van der Waals surface area contributed by atoms with Gasteiger partial charge >= 0.3 is 0 Å². The van der Waals surface area contributed by atoms with Gasteiger partial charge in [0.05, 0.1) is 0 Å². The number of rotatable bonds is 2. The zero-order valence-corrected chi connectivity index (χ0v) is 9.31. The molecule has 3 nitrogen and oxygen atoms in total. The number of terminal acetylenes is 1. The van der Waals surface area contributed by atoms with Gasteiger partial charge in [-0.1, -0.05) is 13.0 Å². The van der Waals surface area contributed by atoms with Gasteiger partial charge in [-0.15, -0.1) is 12.3 Å². The molecular weight excluding hydrogens is 200 g/mol. The number of nitrogens with zero attached hydrogens (tertiary/aromatic N) is 2. The van der Waals surface area contributed by atoms with Gasteiger partial charge in [-0.05, 0) is 18.1 Å². The van der Waals surface area contributed by atoms with Crippen molar-refractivity contribution >= 4 is 11.7 Å². The van der Waals surface area contributed by atoms with Gasteiger partial charge in [-0.2, -0.15) is 0 Å². The molecule has 3 heteroatoms. The van der Waals surface area contributed by atoms with E-state index in [9.17, 15) is 4.79 Å². The number of amides is 1. The largest absolute Gasteiger partial charge is 0.295 e. The molecule has 0 aromatic carbocycles. The maximum absolute atomic E-state index is 11.8. The highest BCUT2D eigenvalue weighted by Crippen LogP contribution is 2.25. The normalized spacial score (nSPS) is 19.9. The van der Waals surface area contributed by atoms with E-state index in [4.69, 9.17) is 6.42 Å². The Balaban J connectivity index is 2.31. The van der Waals surface area contributed by atoms with E-state index in [1.54, 1.807) is 11.1 Å². The summed E-state index contributed by atoms with van der Waals surface area (Å²) in [6, 6.07) is 3.89. The summed E-state index contributed by atoms with van der Waals surface area (Å²) in [5, 5.41) is 0. The number of aromatic nitrogens is 1. The Morgan fingerprint density at radius 1 is 1.69 bits per heavy atom. The summed E-state index contributed by atoms with van der Waals surface area (Å²) in [5.41, 5.74) is 1.09. The molecule has 1 aromatic rings. The topological polar surface area (TPSA) is 33.2 Å². The van der Waals surface area contributed by atoms with E-state index in [-0.39, 0.29) is 11.8 Å². The lowest BCUT2D eigenvalue weighted by molar-refractivity contribution is -0.117. The molecule has 1 fully saturated rings. The molecule has 0 spiro atoms. The number of hydrogen-bond donors (Lipinski definition) is 0. The standard InChI is InChI=1S/C13H14N2O/c1-3-10-8-12(16)15(9-10)13-11(4-2)6-5-7-14-13/h1,5-7,10H,4,8-9H2,2H3. The first-order valence-electron chi connectivity index (χ1n) is 5.46. The fraction of sp³-hybridized carbons (Fsp3) is 0.385. The fourth-order valence-electron chi connectivity index (χ4n) is 1.97. The molecule has 1 aliphatic rings. The van der Waals surface area contributed by atoms with E-state index >= 15 is 0 Å². The molecule has 1 atom stereocenters. The van der Waals surface area contributed by atoms with Crippen LogP contribution >= 0.6 is 0 Å². The van der Waals surface area contributed by atoms with E-state index < -0.39 is 0 Å². The van der Waals surface area contributed by atoms with Crippen LogP contribution in [0, 0.1) is 18.3 Å². The summed E-state index contributed by atoms with van der Waals surface area (Å²) in [5.74, 6) is 3.52. The van der Waals surface area contributed by atoms with Crippen molar-refractivity contribution in [1.29, 1.82) is 0 Å². The molecule has 2 heterocycles. The fourth-order valence-corrected chi connectivity index (χ4v) is 1.97. The number of carbonyl (C=O) groups is 1. The minimum Gasteiger partial charge on any atom is -0.295 e. The van der Waals surface area contributed by atoms with Crippen molar-refractivity contribution in [2.45, 2.75) is 19.8 Å². The van der Waals surface area contributed by atoms with Gasteiger partial charge in [0.25, 0.3) is 0 Å². The molecule has 1 aliphatic heterocycles. The number of pyridine rings is 1. The van der Waals surface area contributed by atoms with Crippen molar-refractivity contribution < 1.29 is 4.79 Å². The second-order valence-corrected chi connectivity index (χ2v) is 3.91. The molecule has 0 N–H and O–H groups in total. The zero-order valence-electron chi connectivity index (χ0n) is 9.31. The summed E-state index contributed by atoms with van der Waals surface area (Å²) < 4.78 is 0. The lowest BCUT2D eigenvalue weighted by atomic mass is 10.1. The van der Waals surface area contributed by atoms with Crippen LogP contribution in [0.15, 0.2) is 18.3 Å². The Morgan fingerprint density at radius 2 is 2.50 bits per heavy atom. The Labute approximate surface area is 95.5 Å². The van der Waals surface area contributed by atoms with Crippen molar-refractivity contribution in [3.8, 4) is 12.3 Å². The Kier molecular flexibility index (Phi) is 2.91. The number of anilines is 1. The summed E-state index contributed by atoms with van der Waals surface area (Å²) in [6.45, 7) is 2.65. The molecule has 16 heavy (non-hydrogen) atoms. The summed E-state index contributed by atoms with van der Waals surface area (Å²) >= 11 is 0. The van der Waals surface area contributed by atoms with Crippen LogP contribution < -0.4 is 4.90 Å². The quantitative estimate of drug-likeness (QED) is 0.701. The van der Waals surface area contributed by atoms with Gasteiger partial charge in [0.15, 0.2) is 0 Å². The lowest BCUT2D eigenvalue weighted by Gasteiger charge is -2.17. The van der Waals surface area contributed by atoms with Crippen LogP contribution in [0.25, 0.3) is 0 Å². The first-order chi connectivity index (χ1) is 7.76. The summed E-state index contributed by atoms with van der Waals surface area (Å²) in [7, 11) is 0. The van der Waals surface area contributed by atoms with Crippen molar-refractivity contribution in [3.63, 3.8) is 0 Å². The predicted molar refractivity (Wildman–Crippen MR) is 62.9 cm³/mol. The molecule has 1 saturated heterocycles. The summed E-state index contributed by atoms with van der Waals surface area (Å²) in [6.07, 6.45) is 8.38. The van der Waals surface area contributed by atoms with Gasteiger partial charge in [0, 0.05) is 25.1 Å². The second-order valence-electron chi connectivity index (χ2n) is 3.91. The third-order valence-electron chi connectivity index (χ3n) is 2.86.